The van der Waals surface area contributed by atoms with Gasteiger partial charge in [0, 0.05) is 29.4 Å². The first-order valence-corrected chi connectivity index (χ1v) is 10.3. The fraction of sp³-hybridized carbons (Fsp3) is 0.273. The highest BCUT2D eigenvalue weighted by Crippen LogP contribution is 2.30. The highest BCUT2D eigenvalue weighted by Gasteiger charge is 2.25. The first-order chi connectivity index (χ1) is 13.3. The van der Waals surface area contributed by atoms with E-state index < -0.39 is 0 Å². The Morgan fingerprint density at radius 3 is 2.81 bits per heavy atom. The van der Waals surface area contributed by atoms with Crippen molar-refractivity contribution in [3.8, 4) is 0 Å². The van der Waals surface area contributed by atoms with Crippen molar-refractivity contribution in [3.05, 3.63) is 64.4 Å². The lowest BCUT2D eigenvalue weighted by atomic mass is 10.1. The number of carbonyl (C=O) groups is 1. The summed E-state index contributed by atoms with van der Waals surface area (Å²) in [6, 6.07) is 14.5. The zero-order valence-electron chi connectivity index (χ0n) is 15.0. The predicted octanol–water partition coefficient (Wildman–Crippen LogP) is 4.48. The second kappa shape index (κ2) is 6.82. The number of thiophene rings is 1. The van der Waals surface area contributed by atoms with Crippen LogP contribution in [0.15, 0.2) is 53.9 Å². The molecule has 1 aromatic carbocycles. The fourth-order valence-corrected chi connectivity index (χ4v) is 4.36. The number of nitrogens with one attached hydrogen (secondary N) is 1. The Labute approximate surface area is 162 Å². The summed E-state index contributed by atoms with van der Waals surface area (Å²) in [6.45, 7) is 1.74. The van der Waals surface area contributed by atoms with E-state index in [1.165, 1.54) is 10.5 Å². The molecule has 5 rings (SSSR count). The van der Waals surface area contributed by atoms with Crippen molar-refractivity contribution in [1.29, 1.82) is 0 Å². The SMILES string of the molecule is O=C(NC1CC1)c1cc(N2CC=C(c3cccs3)CC2)nc2ccccc12. The Morgan fingerprint density at radius 1 is 1.19 bits per heavy atom. The third kappa shape index (κ3) is 3.35. The Bertz CT molecular complexity index is 1020. The number of aromatic nitrogens is 1. The maximum Gasteiger partial charge on any atom is 0.252 e. The molecule has 0 saturated heterocycles. The summed E-state index contributed by atoms with van der Waals surface area (Å²) in [5.41, 5.74) is 3.02. The molecule has 5 heteroatoms. The molecule has 1 fully saturated rings. The number of rotatable bonds is 4. The van der Waals surface area contributed by atoms with Crippen LogP contribution in [0, 0.1) is 0 Å². The predicted molar refractivity (Wildman–Crippen MR) is 111 cm³/mol. The number of benzene rings is 1. The summed E-state index contributed by atoms with van der Waals surface area (Å²) < 4.78 is 0. The van der Waals surface area contributed by atoms with Crippen molar-refractivity contribution in [2.75, 3.05) is 18.0 Å². The molecule has 3 heterocycles. The van der Waals surface area contributed by atoms with E-state index in [0.29, 0.717) is 6.04 Å². The molecule has 2 aromatic heterocycles. The fourth-order valence-electron chi connectivity index (χ4n) is 3.56. The van der Waals surface area contributed by atoms with Crippen LogP contribution in [0.4, 0.5) is 5.82 Å². The van der Waals surface area contributed by atoms with Crippen molar-refractivity contribution in [3.63, 3.8) is 0 Å². The van der Waals surface area contributed by atoms with E-state index in [1.54, 1.807) is 11.3 Å². The smallest absolute Gasteiger partial charge is 0.252 e. The maximum atomic E-state index is 12.8. The summed E-state index contributed by atoms with van der Waals surface area (Å²) in [7, 11) is 0. The summed E-state index contributed by atoms with van der Waals surface area (Å²) in [4.78, 5) is 21.2. The lowest BCUT2D eigenvalue weighted by Crippen LogP contribution is -2.30. The molecule has 0 unspecified atom stereocenters. The largest absolute Gasteiger partial charge is 0.353 e. The number of anilines is 1. The van der Waals surface area contributed by atoms with Crippen LogP contribution in [-0.4, -0.2) is 30.0 Å². The quantitative estimate of drug-likeness (QED) is 0.731. The average molecular weight is 375 g/mol. The van der Waals surface area contributed by atoms with E-state index >= 15 is 0 Å². The highest BCUT2D eigenvalue weighted by molar-refractivity contribution is 7.11. The van der Waals surface area contributed by atoms with Gasteiger partial charge in [-0.05, 0) is 48.4 Å². The third-order valence-electron chi connectivity index (χ3n) is 5.23. The van der Waals surface area contributed by atoms with Gasteiger partial charge >= 0.3 is 0 Å². The minimum atomic E-state index is 0.0178. The molecule has 1 N–H and O–H groups in total. The summed E-state index contributed by atoms with van der Waals surface area (Å²) in [5, 5.41) is 6.17. The lowest BCUT2D eigenvalue weighted by molar-refractivity contribution is 0.0952. The number of fused-ring (bicyclic) bond motifs is 1. The van der Waals surface area contributed by atoms with Gasteiger partial charge in [0.2, 0.25) is 0 Å². The van der Waals surface area contributed by atoms with Crippen LogP contribution in [0.25, 0.3) is 16.5 Å². The standard InChI is InChI=1S/C22H21N3OS/c26-22(23-16-7-8-16)18-14-21(24-19-5-2-1-4-17(18)19)25-11-9-15(10-12-25)20-6-3-13-27-20/h1-6,9,13-14,16H,7-8,10-12H2,(H,23,26). The van der Waals surface area contributed by atoms with E-state index in [1.807, 2.05) is 30.3 Å². The Balaban J connectivity index is 1.47. The number of amides is 1. The van der Waals surface area contributed by atoms with Crippen molar-refractivity contribution in [2.45, 2.75) is 25.3 Å². The number of hydrogen-bond donors (Lipinski definition) is 1. The normalized spacial score (nSPS) is 17.0. The minimum absolute atomic E-state index is 0.0178. The molecular formula is C22H21N3OS. The van der Waals surface area contributed by atoms with E-state index in [0.717, 1.165) is 54.6 Å². The Kier molecular flexibility index (Phi) is 4.17. The van der Waals surface area contributed by atoms with Gasteiger partial charge in [0.15, 0.2) is 0 Å². The molecule has 1 aliphatic carbocycles. The Hall–Kier alpha value is -2.66. The van der Waals surface area contributed by atoms with E-state index in [2.05, 4.69) is 33.8 Å². The van der Waals surface area contributed by atoms with Gasteiger partial charge in [-0.3, -0.25) is 4.79 Å². The van der Waals surface area contributed by atoms with Gasteiger partial charge in [-0.25, -0.2) is 4.98 Å². The first kappa shape index (κ1) is 16.5. The number of para-hydroxylation sites is 1. The average Bonchev–Trinajstić information content (AvgIpc) is 3.35. The molecule has 0 spiro atoms. The van der Waals surface area contributed by atoms with Gasteiger partial charge in [-0.1, -0.05) is 30.3 Å². The minimum Gasteiger partial charge on any atom is -0.353 e. The number of nitrogens with zero attached hydrogens (tertiary/aromatic N) is 2. The van der Waals surface area contributed by atoms with Gasteiger partial charge in [-0.2, -0.15) is 0 Å². The monoisotopic (exact) mass is 375 g/mol. The van der Waals surface area contributed by atoms with Crippen molar-refractivity contribution in [2.24, 2.45) is 0 Å². The second-order valence-electron chi connectivity index (χ2n) is 7.20. The molecule has 136 valence electrons. The molecule has 27 heavy (non-hydrogen) atoms. The van der Waals surface area contributed by atoms with Crippen molar-refractivity contribution < 1.29 is 4.79 Å². The molecule has 3 aromatic rings. The topological polar surface area (TPSA) is 45.2 Å². The molecule has 1 saturated carbocycles. The second-order valence-corrected chi connectivity index (χ2v) is 8.14. The number of hydrogen-bond acceptors (Lipinski definition) is 4. The van der Waals surface area contributed by atoms with E-state index in [-0.39, 0.29) is 5.91 Å². The molecule has 0 radical (unpaired) electrons. The number of pyridine rings is 1. The molecule has 0 bridgehead atoms. The molecule has 0 atom stereocenters. The maximum absolute atomic E-state index is 12.8. The molecule has 1 aliphatic heterocycles. The Morgan fingerprint density at radius 2 is 2.07 bits per heavy atom. The summed E-state index contributed by atoms with van der Waals surface area (Å²) in [6.07, 6.45) is 5.46. The van der Waals surface area contributed by atoms with Gasteiger partial charge in [0.25, 0.3) is 5.91 Å². The highest BCUT2D eigenvalue weighted by atomic mass is 32.1. The molecular weight excluding hydrogens is 354 g/mol. The zero-order chi connectivity index (χ0) is 18.2. The van der Waals surface area contributed by atoms with Crippen molar-refractivity contribution >= 4 is 39.5 Å². The number of carbonyl (C=O) groups excluding carboxylic acids is 1. The van der Waals surface area contributed by atoms with Gasteiger partial charge < -0.3 is 10.2 Å². The van der Waals surface area contributed by atoms with Crippen LogP contribution in [0.2, 0.25) is 0 Å². The van der Waals surface area contributed by atoms with E-state index in [4.69, 9.17) is 4.98 Å². The summed E-state index contributed by atoms with van der Waals surface area (Å²) in [5.74, 6) is 0.903. The van der Waals surface area contributed by atoms with E-state index in [9.17, 15) is 4.79 Å². The van der Waals surface area contributed by atoms with Crippen LogP contribution in [-0.2, 0) is 0 Å². The van der Waals surface area contributed by atoms with Crippen molar-refractivity contribution in [1.82, 2.24) is 10.3 Å². The van der Waals surface area contributed by atoms with Crippen LogP contribution < -0.4 is 10.2 Å². The van der Waals surface area contributed by atoms with Crippen LogP contribution in [0.5, 0.6) is 0 Å². The van der Waals surface area contributed by atoms with Crippen LogP contribution >= 0.6 is 11.3 Å². The first-order valence-electron chi connectivity index (χ1n) is 9.46. The lowest BCUT2D eigenvalue weighted by Gasteiger charge is -2.28. The van der Waals surface area contributed by atoms with Gasteiger partial charge in [0.1, 0.15) is 5.82 Å². The molecule has 2 aliphatic rings. The zero-order valence-corrected chi connectivity index (χ0v) is 15.8. The van der Waals surface area contributed by atoms with Gasteiger partial charge in [-0.15, -0.1) is 11.3 Å². The van der Waals surface area contributed by atoms with Crippen LogP contribution in [0.3, 0.4) is 0 Å². The molecule has 4 nitrogen and oxygen atoms in total. The third-order valence-corrected chi connectivity index (χ3v) is 6.18. The van der Waals surface area contributed by atoms with Crippen LogP contribution in [0.1, 0.15) is 34.5 Å². The van der Waals surface area contributed by atoms with Gasteiger partial charge in [0.05, 0.1) is 11.1 Å². The molecule has 1 amide bonds. The summed E-state index contributed by atoms with van der Waals surface area (Å²) >= 11 is 1.79.